The molecule has 1 aliphatic rings. The van der Waals surface area contributed by atoms with Crippen LogP contribution in [0.1, 0.15) is 16.7 Å². The van der Waals surface area contributed by atoms with E-state index in [4.69, 9.17) is 9.47 Å². The molecule has 0 radical (unpaired) electrons. The standard InChI is InChI=1S/C29H24N2O3S/c1-19-10-13-23(14-11-19)30-29-31-28(32)27(35-29)17-20-12-15-25(33-2)26(16-20)34-18-22-8-5-7-21-6-3-4-9-24(21)22/h3-17H,18H2,1-2H3,(H,30,31,32)/b27-17-. The summed E-state index contributed by atoms with van der Waals surface area (Å²) in [5.74, 6) is 1.08. The first-order chi connectivity index (χ1) is 17.1. The van der Waals surface area contributed by atoms with Crippen molar-refractivity contribution in [2.45, 2.75) is 13.5 Å². The minimum atomic E-state index is -0.171. The molecule has 174 valence electrons. The Morgan fingerprint density at radius 2 is 1.74 bits per heavy atom. The highest BCUT2D eigenvalue weighted by Crippen LogP contribution is 2.33. The largest absolute Gasteiger partial charge is 0.493 e. The SMILES string of the molecule is COc1ccc(/C=C2\SC(=Nc3ccc(C)cc3)NC2=O)cc1OCc1cccc2ccccc12. The predicted octanol–water partition coefficient (Wildman–Crippen LogP) is 6.63. The zero-order chi connectivity index (χ0) is 24.2. The van der Waals surface area contributed by atoms with E-state index in [-0.39, 0.29) is 5.91 Å². The fourth-order valence-corrected chi connectivity index (χ4v) is 4.68. The molecule has 5 nitrogen and oxygen atoms in total. The molecule has 1 heterocycles. The van der Waals surface area contributed by atoms with Gasteiger partial charge in [-0.25, -0.2) is 4.99 Å². The number of thioether (sulfide) groups is 1. The monoisotopic (exact) mass is 480 g/mol. The minimum absolute atomic E-state index is 0.171. The van der Waals surface area contributed by atoms with Crippen molar-refractivity contribution in [3.05, 3.63) is 107 Å². The summed E-state index contributed by atoms with van der Waals surface area (Å²) >= 11 is 1.32. The van der Waals surface area contributed by atoms with Crippen LogP contribution in [0.5, 0.6) is 11.5 Å². The Balaban J connectivity index is 1.36. The van der Waals surface area contributed by atoms with Crippen molar-refractivity contribution in [3.63, 3.8) is 0 Å². The Labute approximate surface area is 208 Å². The fourth-order valence-electron chi connectivity index (χ4n) is 3.84. The lowest BCUT2D eigenvalue weighted by molar-refractivity contribution is -0.115. The summed E-state index contributed by atoms with van der Waals surface area (Å²) in [6.45, 7) is 2.43. The number of fused-ring (bicyclic) bond motifs is 1. The van der Waals surface area contributed by atoms with Crippen molar-refractivity contribution in [1.29, 1.82) is 0 Å². The number of nitrogens with zero attached hydrogens (tertiary/aromatic N) is 1. The number of aliphatic imine (C=N–C) groups is 1. The maximum atomic E-state index is 12.5. The number of aryl methyl sites for hydroxylation is 1. The lowest BCUT2D eigenvalue weighted by Gasteiger charge is -2.13. The van der Waals surface area contributed by atoms with E-state index in [1.807, 2.05) is 73.7 Å². The smallest absolute Gasteiger partial charge is 0.264 e. The molecular formula is C29H24N2O3S. The van der Waals surface area contributed by atoms with Gasteiger partial charge in [-0.05, 0) is 70.9 Å². The first-order valence-electron chi connectivity index (χ1n) is 11.2. The van der Waals surface area contributed by atoms with Crippen LogP contribution in [-0.2, 0) is 11.4 Å². The fraction of sp³-hybridized carbons (Fsp3) is 0.103. The first kappa shape index (κ1) is 22.7. The average molecular weight is 481 g/mol. The molecule has 0 aliphatic carbocycles. The van der Waals surface area contributed by atoms with Gasteiger partial charge in [-0.15, -0.1) is 0 Å². The summed E-state index contributed by atoms with van der Waals surface area (Å²) < 4.78 is 11.7. The Morgan fingerprint density at radius 3 is 2.57 bits per heavy atom. The summed E-state index contributed by atoms with van der Waals surface area (Å²) in [5.41, 5.74) is 3.90. The molecule has 1 amide bonds. The Hall–Kier alpha value is -4.03. The van der Waals surface area contributed by atoms with E-state index in [0.717, 1.165) is 27.8 Å². The van der Waals surface area contributed by atoms with Crippen LogP contribution in [0.4, 0.5) is 5.69 Å². The molecule has 1 saturated heterocycles. The highest BCUT2D eigenvalue weighted by molar-refractivity contribution is 8.18. The number of amides is 1. The van der Waals surface area contributed by atoms with Gasteiger partial charge in [0, 0.05) is 0 Å². The van der Waals surface area contributed by atoms with Crippen molar-refractivity contribution in [3.8, 4) is 11.5 Å². The maximum Gasteiger partial charge on any atom is 0.264 e. The second-order valence-corrected chi connectivity index (χ2v) is 9.19. The molecule has 0 atom stereocenters. The number of benzene rings is 4. The molecule has 4 aromatic carbocycles. The Kier molecular flexibility index (Phi) is 6.55. The van der Waals surface area contributed by atoms with Crippen molar-refractivity contribution in [1.82, 2.24) is 5.32 Å². The van der Waals surface area contributed by atoms with E-state index in [9.17, 15) is 4.79 Å². The number of amidine groups is 1. The molecule has 6 heteroatoms. The number of carbonyl (C=O) groups is 1. The summed E-state index contributed by atoms with van der Waals surface area (Å²) in [4.78, 5) is 17.6. The normalized spacial score (nSPS) is 15.5. The van der Waals surface area contributed by atoms with Crippen molar-refractivity contribution >= 4 is 45.4 Å². The molecule has 0 spiro atoms. The summed E-state index contributed by atoms with van der Waals surface area (Å²) in [6.07, 6.45) is 1.84. The van der Waals surface area contributed by atoms with Gasteiger partial charge in [-0.3, -0.25) is 4.79 Å². The van der Waals surface area contributed by atoms with E-state index in [1.54, 1.807) is 7.11 Å². The van der Waals surface area contributed by atoms with Crippen molar-refractivity contribution in [2.75, 3.05) is 7.11 Å². The van der Waals surface area contributed by atoms with Crippen LogP contribution in [0.3, 0.4) is 0 Å². The molecule has 1 N–H and O–H groups in total. The Morgan fingerprint density at radius 1 is 0.943 bits per heavy atom. The van der Waals surface area contributed by atoms with Crippen LogP contribution in [0.15, 0.2) is 94.8 Å². The first-order valence-corrected chi connectivity index (χ1v) is 12.0. The van der Waals surface area contributed by atoms with Crippen LogP contribution in [0, 0.1) is 6.92 Å². The summed E-state index contributed by atoms with van der Waals surface area (Å²) in [6, 6.07) is 27.9. The lowest BCUT2D eigenvalue weighted by atomic mass is 10.1. The van der Waals surface area contributed by atoms with Crippen molar-refractivity contribution in [2.24, 2.45) is 4.99 Å². The van der Waals surface area contributed by atoms with Gasteiger partial charge in [0.05, 0.1) is 17.7 Å². The van der Waals surface area contributed by atoms with Crippen LogP contribution in [0.25, 0.3) is 16.8 Å². The highest BCUT2D eigenvalue weighted by atomic mass is 32.2. The number of nitrogens with one attached hydrogen (secondary N) is 1. The van der Waals surface area contributed by atoms with E-state index in [1.165, 1.54) is 17.1 Å². The van der Waals surface area contributed by atoms with Crippen LogP contribution in [0.2, 0.25) is 0 Å². The number of methoxy groups -OCH3 is 1. The van der Waals surface area contributed by atoms with Gasteiger partial charge in [0.1, 0.15) is 6.61 Å². The minimum Gasteiger partial charge on any atom is -0.493 e. The number of ether oxygens (including phenoxy) is 2. The summed E-state index contributed by atoms with van der Waals surface area (Å²) in [7, 11) is 1.62. The van der Waals surface area contributed by atoms with Crippen LogP contribution < -0.4 is 14.8 Å². The van der Waals surface area contributed by atoms with Crippen molar-refractivity contribution < 1.29 is 14.3 Å². The predicted molar refractivity (Wildman–Crippen MR) is 143 cm³/mol. The molecule has 0 aromatic heterocycles. The molecule has 0 bridgehead atoms. The molecule has 1 fully saturated rings. The second kappa shape index (κ2) is 10.1. The molecular weight excluding hydrogens is 456 g/mol. The van der Waals surface area contributed by atoms with E-state index < -0.39 is 0 Å². The second-order valence-electron chi connectivity index (χ2n) is 8.15. The lowest BCUT2D eigenvalue weighted by Crippen LogP contribution is -2.19. The number of hydrogen-bond donors (Lipinski definition) is 1. The topological polar surface area (TPSA) is 59.9 Å². The van der Waals surface area contributed by atoms with E-state index in [0.29, 0.717) is 28.2 Å². The van der Waals surface area contributed by atoms with Gasteiger partial charge in [-0.2, -0.15) is 0 Å². The average Bonchev–Trinajstić information content (AvgIpc) is 3.22. The molecule has 4 aromatic rings. The Bertz CT molecular complexity index is 1450. The van der Waals surface area contributed by atoms with Gasteiger partial charge in [-0.1, -0.05) is 66.2 Å². The maximum absolute atomic E-state index is 12.5. The number of hydrogen-bond acceptors (Lipinski definition) is 5. The van der Waals surface area contributed by atoms with Gasteiger partial charge in [0.15, 0.2) is 16.7 Å². The third-order valence-electron chi connectivity index (χ3n) is 5.66. The van der Waals surface area contributed by atoms with Gasteiger partial charge in [0.2, 0.25) is 0 Å². The molecule has 1 aliphatic heterocycles. The number of carbonyl (C=O) groups excluding carboxylic acids is 1. The van der Waals surface area contributed by atoms with E-state index >= 15 is 0 Å². The van der Waals surface area contributed by atoms with Crippen LogP contribution >= 0.6 is 11.8 Å². The number of rotatable bonds is 6. The van der Waals surface area contributed by atoms with Gasteiger partial charge < -0.3 is 14.8 Å². The molecule has 0 saturated carbocycles. The zero-order valence-electron chi connectivity index (χ0n) is 19.4. The van der Waals surface area contributed by atoms with E-state index in [2.05, 4.69) is 34.6 Å². The third kappa shape index (κ3) is 5.23. The quantitative estimate of drug-likeness (QED) is 0.315. The van der Waals surface area contributed by atoms with Gasteiger partial charge >= 0.3 is 0 Å². The molecule has 0 unspecified atom stereocenters. The van der Waals surface area contributed by atoms with Crippen LogP contribution in [-0.4, -0.2) is 18.2 Å². The third-order valence-corrected chi connectivity index (χ3v) is 6.57. The summed E-state index contributed by atoms with van der Waals surface area (Å²) in [5, 5.41) is 5.73. The van der Waals surface area contributed by atoms with Gasteiger partial charge in [0.25, 0.3) is 5.91 Å². The molecule has 5 rings (SSSR count). The zero-order valence-corrected chi connectivity index (χ0v) is 20.3. The molecule has 35 heavy (non-hydrogen) atoms. The highest BCUT2D eigenvalue weighted by Gasteiger charge is 2.24.